The first-order chi connectivity index (χ1) is 14.0. The van der Waals surface area contributed by atoms with E-state index >= 15 is 0 Å². The number of nitrogens with two attached hydrogens (primary N) is 2. The highest BCUT2D eigenvalue weighted by molar-refractivity contribution is 6.21. The van der Waals surface area contributed by atoms with Crippen molar-refractivity contribution in [3.63, 3.8) is 0 Å². The SMILES string of the molecule is CN=CC(C(=N)/C=C\C(N)=NCC1CC12CCN(CC(C)C(C)(C)C)CC2)=C(C)N. The van der Waals surface area contributed by atoms with Crippen LogP contribution in [0.3, 0.4) is 0 Å². The Bertz CT molecular complexity index is 725. The fourth-order valence-corrected chi connectivity index (χ4v) is 4.18. The number of nitrogens with one attached hydrogen (secondary N) is 1. The molecule has 0 bridgehead atoms. The Labute approximate surface area is 183 Å². The van der Waals surface area contributed by atoms with Crippen molar-refractivity contribution in [1.82, 2.24) is 4.90 Å². The molecule has 2 fully saturated rings. The molecule has 6 heteroatoms. The van der Waals surface area contributed by atoms with Crippen molar-refractivity contribution in [2.24, 2.45) is 44.1 Å². The zero-order valence-corrected chi connectivity index (χ0v) is 19.8. The third-order valence-corrected chi connectivity index (χ3v) is 7.11. The Morgan fingerprint density at radius 1 is 1.23 bits per heavy atom. The van der Waals surface area contributed by atoms with Gasteiger partial charge in [-0.05, 0) is 74.1 Å². The quantitative estimate of drug-likeness (QED) is 0.417. The standard InChI is InChI=1S/C24H42N6/c1-17(23(3,4)5)16-30-11-9-24(10-12-30)13-19(24)14-29-22(27)8-7-21(26)20(15-28-6)18(2)25/h7-8,15,17,19,26H,9-14,16,25H2,1-6H3,(H2,27,29)/b8-7-,20-18?,26-21?,28-15?. The van der Waals surface area contributed by atoms with Gasteiger partial charge >= 0.3 is 0 Å². The van der Waals surface area contributed by atoms with Gasteiger partial charge in [0.25, 0.3) is 0 Å². The molecule has 2 atom stereocenters. The second kappa shape index (κ2) is 9.90. The van der Waals surface area contributed by atoms with Gasteiger partial charge in [-0.1, -0.05) is 27.7 Å². The van der Waals surface area contributed by atoms with Crippen LogP contribution >= 0.6 is 0 Å². The first-order valence-electron chi connectivity index (χ1n) is 11.2. The molecule has 1 aliphatic carbocycles. The fraction of sp³-hybridized carbons (Fsp3) is 0.708. The zero-order chi connectivity index (χ0) is 22.5. The fourth-order valence-electron chi connectivity index (χ4n) is 4.18. The largest absolute Gasteiger partial charge is 0.402 e. The molecule has 2 unspecified atom stereocenters. The van der Waals surface area contributed by atoms with Gasteiger partial charge in [0.05, 0.1) is 5.71 Å². The molecule has 6 nitrogen and oxygen atoms in total. The highest BCUT2D eigenvalue weighted by Crippen LogP contribution is 2.59. The maximum atomic E-state index is 8.13. The number of amidine groups is 1. The molecule has 2 aliphatic rings. The summed E-state index contributed by atoms with van der Waals surface area (Å²) >= 11 is 0. The molecule has 0 aromatic heterocycles. The molecule has 0 radical (unpaired) electrons. The molecule has 168 valence electrons. The van der Waals surface area contributed by atoms with E-state index in [9.17, 15) is 0 Å². The lowest BCUT2D eigenvalue weighted by atomic mass is 9.81. The van der Waals surface area contributed by atoms with Gasteiger partial charge < -0.3 is 21.8 Å². The number of nitrogens with zero attached hydrogens (tertiary/aromatic N) is 3. The maximum Gasteiger partial charge on any atom is 0.118 e. The highest BCUT2D eigenvalue weighted by atomic mass is 15.1. The lowest BCUT2D eigenvalue weighted by Gasteiger charge is -2.37. The molecule has 0 aromatic carbocycles. The number of allylic oxidation sites excluding steroid dienone is 3. The van der Waals surface area contributed by atoms with Crippen LogP contribution in [0.2, 0.25) is 0 Å². The molecule has 2 rings (SSSR count). The lowest BCUT2D eigenvalue weighted by Crippen LogP contribution is -2.40. The highest BCUT2D eigenvalue weighted by Gasteiger charge is 2.54. The minimum atomic E-state index is 0.290. The molecule has 1 saturated carbocycles. The molecule has 5 N–H and O–H groups in total. The topological polar surface area (TPSA) is 104 Å². The van der Waals surface area contributed by atoms with Gasteiger partial charge in [0, 0.05) is 37.6 Å². The average molecular weight is 415 g/mol. The summed E-state index contributed by atoms with van der Waals surface area (Å²) in [5, 5.41) is 8.13. The summed E-state index contributed by atoms with van der Waals surface area (Å²) in [6.07, 6.45) is 8.77. The van der Waals surface area contributed by atoms with Crippen LogP contribution in [0.5, 0.6) is 0 Å². The number of aliphatic imine (C=N–C) groups is 2. The molecule has 1 heterocycles. The first kappa shape index (κ1) is 24.3. The Kier molecular flexibility index (Phi) is 8.03. The molecule has 0 aromatic rings. The first-order valence-corrected chi connectivity index (χ1v) is 11.2. The van der Waals surface area contributed by atoms with E-state index in [-0.39, 0.29) is 0 Å². The van der Waals surface area contributed by atoms with Gasteiger partial charge in [0.15, 0.2) is 0 Å². The van der Waals surface area contributed by atoms with Gasteiger partial charge in [-0.3, -0.25) is 9.98 Å². The Hall–Kier alpha value is -1.95. The van der Waals surface area contributed by atoms with Gasteiger partial charge in [-0.25, -0.2) is 0 Å². The van der Waals surface area contributed by atoms with E-state index in [2.05, 4.69) is 42.6 Å². The van der Waals surface area contributed by atoms with Crippen LogP contribution in [0.1, 0.15) is 53.9 Å². The monoisotopic (exact) mass is 414 g/mol. The van der Waals surface area contributed by atoms with E-state index in [0.717, 1.165) is 6.54 Å². The van der Waals surface area contributed by atoms with E-state index in [4.69, 9.17) is 16.9 Å². The summed E-state index contributed by atoms with van der Waals surface area (Å²) in [7, 11) is 1.66. The second-order valence-electron chi connectivity index (χ2n) is 10.3. The molecule has 0 amide bonds. The summed E-state index contributed by atoms with van der Waals surface area (Å²) in [6, 6.07) is 0. The van der Waals surface area contributed by atoms with E-state index < -0.39 is 0 Å². The summed E-state index contributed by atoms with van der Waals surface area (Å²) in [5.41, 5.74) is 14.2. The van der Waals surface area contributed by atoms with Crippen LogP contribution in [0.25, 0.3) is 0 Å². The van der Waals surface area contributed by atoms with E-state index in [1.165, 1.54) is 38.9 Å². The van der Waals surface area contributed by atoms with E-state index in [1.54, 1.807) is 32.3 Å². The van der Waals surface area contributed by atoms with Crippen molar-refractivity contribution in [3.05, 3.63) is 23.4 Å². The van der Waals surface area contributed by atoms with Crippen molar-refractivity contribution in [1.29, 1.82) is 5.41 Å². The maximum absolute atomic E-state index is 8.13. The zero-order valence-electron chi connectivity index (χ0n) is 19.8. The van der Waals surface area contributed by atoms with Crippen LogP contribution in [-0.2, 0) is 0 Å². The average Bonchev–Trinajstić information content (AvgIpc) is 3.35. The summed E-state index contributed by atoms with van der Waals surface area (Å²) in [6.45, 7) is 15.6. The van der Waals surface area contributed by atoms with Gasteiger partial charge in [0.1, 0.15) is 5.84 Å². The second-order valence-corrected chi connectivity index (χ2v) is 10.3. The third kappa shape index (κ3) is 6.53. The van der Waals surface area contributed by atoms with Gasteiger partial charge in [-0.15, -0.1) is 0 Å². The molecule has 1 saturated heterocycles. The van der Waals surface area contributed by atoms with Crippen molar-refractivity contribution in [3.8, 4) is 0 Å². The van der Waals surface area contributed by atoms with Gasteiger partial charge in [-0.2, -0.15) is 0 Å². The lowest BCUT2D eigenvalue weighted by molar-refractivity contribution is 0.112. The molecule has 1 spiro atoms. The van der Waals surface area contributed by atoms with Crippen LogP contribution < -0.4 is 11.5 Å². The van der Waals surface area contributed by atoms with Crippen molar-refractivity contribution >= 4 is 17.8 Å². The van der Waals surface area contributed by atoms with Crippen LogP contribution in [0.4, 0.5) is 0 Å². The third-order valence-electron chi connectivity index (χ3n) is 7.11. The summed E-state index contributed by atoms with van der Waals surface area (Å²) in [5.74, 6) is 1.83. The van der Waals surface area contributed by atoms with Crippen molar-refractivity contribution < 1.29 is 0 Å². The molecule has 30 heavy (non-hydrogen) atoms. The Balaban J connectivity index is 1.81. The number of hydrogen-bond acceptors (Lipinski definition) is 5. The smallest absolute Gasteiger partial charge is 0.118 e. The molecular weight excluding hydrogens is 372 g/mol. The summed E-state index contributed by atoms with van der Waals surface area (Å²) in [4.78, 5) is 11.2. The predicted octanol–water partition coefficient (Wildman–Crippen LogP) is 3.64. The van der Waals surface area contributed by atoms with Crippen LogP contribution in [-0.4, -0.2) is 55.9 Å². The Morgan fingerprint density at radius 3 is 2.40 bits per heavy atom. The minimum Gasteiger partial charge on any atom is -0.402 e. The predicted molar refractivity (Wildman–Crippen MR) is 129 cm³/mol. The Morgan fingerprint density at radius 2 is 1.87 bits per heavy atom. The van der Waals surface area contributed by atoms with Crippen LogP contribution in [0, 0.1) is 28.1 Å². The minimum absolute atomic E-state index is 0.290. The number of hydrogen-bond donors (Lipinski definition) is 3. The van der Waals surface area contributed by atoms with E-state index in [0.29, 0.717) is 45.5 Å². The molecule has 1 aliphatic heterocycles. The van der Waals surface area contributed by atoms with Crippen molar-refractivity contribution in [2.75, 3.05) is 33.2 Å². The molecular formula is C24H42N6. The normalized spacial score (nSPS) is 24.5. The van der Waals surface area contributed by atoms with Gasteiger partial charge in [0.2, 0.25) is 0 Å². The number of rotatable bonds is 8. The van der Waals surface area contributed by atoms with E-state index in [1.807, 2.05) is 0 Å². The number of piperidine rings is 1. The van der Waals surface area contributed by atoms with Crippen molar-refractivity contribution in [2.45, 2.75) is 53.9 Å². The summed E-state index contributed by atoms with van der Waals surface area (Å²) < 4.78 is 0. The van der Waals surface area contributed by atoms with Crippen LogP contribution in [0.15, 0.2) is 33.4 Å². The number of likely N-dealkylation sites (tertiary alicyclic amines) is 1.